The Labute approximate surface area is 187 Å². The predicted octanol–water partition coefficient (Wildman–Crippen LogP) is 4.86. The number of ether oxygens (including phenoxy) is 2. The number of carbonyl (C=O) groups is 2. The summed E-state index contributed by atoms with van der Waals surface area (Å²) in [5.74, 6) is -1.56. The summed E-state index contributed by atoms with van der Waals surface area (Å²) >= 11 is 5.93. The minimum absolute atomic E-state index is 0.0436. The van der Waals surface area contributed by atoms with Crippen molar-refractivity contribution in [3.63, 3.8) is 0 Å². The van der Waals surface area contributed by atoms with E-state index in [-0.39, 0.29) is 23.5 Å². The van der Waals surface area contributed by atoms with Gasteiger partial charge < -0.3 is 14.8 Å². The van der Waals surface area contributed by atoms with Crippen LogP contribution in [0.1, 0.15) is 18.9 Å². The van der Waals surface area contributed by atoms with Gasteiger partial charge in [0.05, 0.1) is 5.57 Å². The second kappa shape index (κ2) is 10.1. The van der Waals surface area contributed by atoms with Gasteiger partial charge in [0.25, 0.3) is 11.8 Å². The maximum Gasteiger partial charge on any atom is 0.573 e. The van der Waals surface area contributed by atoms with Gasteiger partial charge in [0.1, 0.15) is 11.4 Å². The zero-order valence-corrected chi connectivity index (χ0v) is 17.8. The van der Waals surface area contributed by atoms with E-state index in [0.29, 0.717) is 30.2 Å². The molecule has 1 aliphatic rings. The molecule has 1 aliphatic heterocycles. The van der Waals surface area contributed by atoms with E-state index in [1.165, 1.54) is 12.1 Å². The molecule has 2 amide bonds. The molecule has 0 spiro atoms. The molecule has 2 aromatic carbocycles. The van der Waals surface area contributed by atoms with Gasteiger partial charge in [-0.15, -0.1) is 13.2 Å². The Balaban J connectivity index is 1.93. The van der Waals surface area contributed by atoms with Crippen LogP contribution in [0, 0.1) is 0 Å². The first kappa shape index (κ1) is 23.6. The first-order chi connectivity index (χ1) is 15.2. The Morgan fingerprint density at radius 3 is 2.44 bits per heavy atom. The topological polar surface area (TPSA) is 67.9 Å². The number of amides is 2. The number of benzene rings is 2. The van der Waals surface area contributed by atoms with E-state index in [2.05, 4.69) is 10.1 Å². The fraction of sp³-hybridized carbons (Fsp3) is 0.273. The summed E-state index contributed by atoms with van der Waals surface area (Å²) in [4.78, 5) is 27.2. The summed E-state index contributed by atoms with van der Waals surface area (Å²) in [5, 5.41) is 3.25. The molecule has 0 atom stereocenters. The van der Waals surface area contributed by atoms with Crippen molar-refractivity contribution in [1.29, 1.82) is 0 Å². The second-order valence-electron chi connectivity index (χ2n) is 6.77. The van der Waals surface area contributed by atoms with Crippen molar-refractivity contribution >= 4 is 34.7 Å². The largest absolute Gasteiger partial charge is 0.573 e. The van der Waals surface area contributed by atoms with Crippen LogP contribution in [0.5, 0.6) is 5.75 Å². The van der Waals surface area contributed by atoms with Gasteiger partial charge in [0.15, 0.2) is 0 Å². The molecular weight excluding hydrogens is 449 g/mol. The van der Waals surface area contributed by atoms with E-state index >= 15 is 0 Å². The third-order valence-corrected chi connectivity index (χ3v) is 4.76. The molecule has 0 aliphatic carbocycles. The van der Waals surface area contributed by atoms with E-state index in [0.717, 1.165) is 17.0 Å². The van der Waals surface area contributed by atoms with Crippen molar-refractivity contribution in [2.45, 2.75) is 19.7 Å². The fourth-order valence-electron chi connectivity index (χ4n) is 3.16. The monoisotopic (exact) mass is 468 g/mol. The number of rotatable bonds is 9. The predicted molar refractivity (Wildman–Crippen MR) is 113 cm³/mol. The number of hydrogen-bond donors (Lipinski definition) is 1. The number of hydrogen-bond acceptors (Lipinski definition) is 5. The van der Waals surface area contributed by atoms with Crippen molar-refractivity contribution in [3.05, 3.63) is 64.8 Å². The van der Waals surface area contributed by atoms with Gasteiger partial charge in [0.2, 0.25) is 0 Å². The Hall–Kier alpha value is -3.04. The van der Waals surface area contributed by atoms with Gasteiger partial charge in [0, 0.05) is 36.5 Å². The zero-order valence-electron chi connectivity index (χ0n) is 17.0. The highest BCUT2D eigenvalue weighted by atomic mass is 35.5. The number of nitrogens with one attached hydrogen (secondary N) is 1. The average molecular weight is 469 g/mol. The third-order valence-electron chi connectivity index (χ3n) is 4.51. The molecule has 6 nitrogen and oxygen atoms in total. The van der Waals surface area contributed by atoms with E-state index < -0.39 is 23.9 Å². The Kier molecular flexibility index (Phi) is 7.42. The highest BCUT2D eigenvalue weighted by molar-refractivity contribution is 6.36. The number of imide groups is 1. The van der Waals surface area contributed by atoms with Crippen molar-refractivity contribution in [2.75, 3.05) is 25.1 Å². The molecule has 10 heteroatoms. The van der Waals surface area contributed by atoms with Gasteiger partial charge >= 0.3 is 6.36 Å². The van der Waals surface area contributed by atoms with E-state index in [1.54, 1.807) is 24.3 Å². The molecule has 0 unspecified atom stereocenters. The molecule has 2 aromatic rings. The van der Waals surface area contributed by atoms with E-state index in [9.17, 15) is 22.8 Å². The van der Waals surface area contributed by atoms with Gasteiger partial charge in [-0.2, -0.15) is 0 Å². The number of carbonyl (C=O) groups excluding carboxylic acids is 2. The van der Waals surface area contributed by atoms with Crippen LogP contribution in [0.2, 0.25) is 5.02 Å². The van der Waals surface area contributed by atoms with Crippen LogP contribution in [0.15, 0.2) is 54.2 Å². The molecule has 0 saturated heterocycles. The Morgan fingerprint density at radius 2 is 1.78 bits per heavy atom. The maximum atomic E-state index is 13.1. The summed E-state index contributed by atoms with van der Waals surface area (Å²) in [7, 11) is 0. The van der Waals surface area contributed by atoms with Crippen LogP contribution in [-0.4, -0.2) is 42.8 Å². The highest BCUT2D eigenvalue weighted by Crippen LogP contribution is 2.32. The lowest BCUT2D eigenvalue weighted by atomic mass is 10.0. The smallest absolute Gasteiger partial charge is 0.406 e. The van der Waals surface area contributed by atoms with Crippen LogP contribution < -0.4 is 10.1 Å². The zero-order chi connectivity index (χ0) is 23.3. The quantitative estimate of drug-likeness (QED) is 0.420. The molecule has 0 fully saturated rings. The van der Waals surface area contributed by atoms with Crippen molar-refractivity contribution in [1.82, 2.24) is 4.90 Å². The summed E-state index contributed by atoms with van der Waals surface area (Å²) in [6.07, 6.45) is -4.41. The molecule has 32 heavy (non-hydrogen) atoms. The second-order valence-corrected chi connectivity index (χ2v) is 7.21. The Bertz CT molecular complexity index is 1020. The van der Waals surface area contributed by atoms with Crippen LogP contribution in [-0.2, 0) is 14.3 Å². The van der Waals surface area contributed by atoms with Crippen molar-refractivity contribution in [2.24, 2.45) is 0 Å². The van der Waals surface area contributed by atoms with Crippen LogP contribution in [0.25, 0.3) is 5.57 Å². The molecule has 0 bridgehead atoms. The SMILES string of the molecule is CCOCCCN1C(=O)C(Nc2cccc(OC(F)(F)F)c2)=C(c2ccc(Cl)cc2)C1=O. The lowest BCUT2D eigenvalue weighted by molar-refractivity contribution is -0.274. The number of nitrogens with zero attached hydrogens (tertiary/aromatic N) is 1. The summed E-state index contributed by atoms with van der Waals surface area (Å²) in [6.45, 7) is 2.87. The minimum atomic E-state index is -4.86. The fourth-order valence-corrected chi connectivity index (χ4v) is 3.29. The first-order valence-electron chi connectivity index (χ1n) is 9.76. The molecular formula is C22H20ClF3N2O4. The molecule has 0 aromatic heterocycles. The first-order valence-corrected chi connectivity index (χ1v) is 10.1. The molecule has 1 N–H and O–H groups in total. The summed E-state index contributed by atoms with van der Waals surface area (Å²) < 4.78 is 46.9. The lowest BCUT2D eigenvalue weighted by Gasteiger charge is -2.15. The van der Waals surface area contributed by atoms with Gasteiger partial charge in [-0.25, -0.2) is 0 Å². The van der Waals surface area contributed by atoms with Gasteiger partial charge in [-0.1, -0.05) is 29.8 Å². The van der Waals surface area contributed by atoms with E-state index in [4.69, 9.17) is 16.3 Å². The average Bonchev–Trinajstić information content (AvgIpc) is 2.95. The van der Waals surface area contributed by atoms with Crippen LogP contribution in [0.3, 0.4) is 0 Å². The van der Waals surface area contributed by atoms with Gasteiger partial charge in [-0.05, 0) is 43.2 Å². The maximum absolute atomic E-state index is 13.1. The number of anilines is 1. The molecule has 1 heterocycles. The number of halogens is 4. The van der Waals surface area contributed by atoms with E-state index in [1.807, 2.05) is 6.92 Å². The normalized spacial score (nSPS) is 14.3. The number of alkyl halides is 3. The third kappa shape index (κ3) is 5.80. The van der Waals surface area contributed by atoms with Crippen molar-refractivity contribution < 1.29 is 32.2 Å². The van der Waals surface area contributed by atoms with Gasteiger partial charge in [-0.3, -0.25) is 14.5 Å². The Morgan fingerprint density at radius 1 is 1.06 bits per heavy atom. The highest BCUT2D eigenvalue weighted by Gasteiger charge is 2.39. The molecule has 0 radical (unpaired) electrons. The lowest BCUT2D eigenvalue weighted by Crippen LogP contribution is -2.34. The molecule has 170 valence electrons. The molecule has 0 saturated carbocycles. The van der Waals surface area contributed by atoms with Crippen molar-refractivity contribution in [3.8, 4) is 5.75 Å². The van der Waals surface area contributed by atoms with Crippen LogP contribution >= 0.6 is 11.6 Å². The summed E-state index contributed by atoms with van der Waals surface area (Å²) in [5.41, 5.74) is 0.666. The summed E-state index contributed by atoms with van der Waals surface area (Å²) in [6, 6.07) is 11.4. The molecule has 3 rings (SSSR count). The minimum Gasteiger partial charge on any atom is -0.406 e. The van der Waals surface area contributed by atoms with Crippen LogP contribution in [0.4, 0.5) is 18.9 Å². The standard InChI is InChI=1S/C22H20ClF3N2O4/c1-2-31-12-4-11-28-20(29)18(14-7-9-15(23)10-8-14)19(21(28)30)27-16-5-3-6-17(13-16)32-22(24,25)26/h3,5-10,13,27H,2,4,11-12H2,1H3.